The molecule has 4 atom stereocenters. The number of fused-ring (bicyclic) bond motifs is 1. The van der Waals surface area contributed by atoms with Crippen molar-refractivity contribution in [1.82, 2.24) is 0 Å². The van der Waals surface area contributed by atoms with Gasteiger partial charge in [-0.05, 0) is 68.3 Å². The van der Waals surface area contributed by atoms with Crippen LogP contribution in [0.1, 0.15) is 73.1 Å². The van der Waals surface area contributed by atoms with E-state index in [1.165, 1.54) is 31.8 Å². The standard InChI is InChI=1S/C22H36O3/c1-16(15-25-18(3)24)8-6-11-21(4)12-7-13-22(5)19(14-23)17(2)9-10-20(21)22/h8-9,19-20,23H,6-7,10-15H2,1-5H3/b16-8+/t19-,20?,21-,22+/m0/s1. The molecule has 3 heteroatoms. The van der Waals surface area contributed by atoms with Gasteiger partial charge in [0.05, 0.1) is 6.61 Å². The highest BCUT2D eigenvalue weighted by Crippen LogP contribution is 2.61. The van der Waals surface area contributed by atoms with Crippen molar-refractivity contribution in [3.8, 4) is 0 Å². The molecule has 2 aliphatic carbocycles. The summed E-state index contributed by atoms with van der Waals surface area (Å²) in [6.45, 7) is 11.2. The summed E-state index contributed by atoms with van der Waals surface area (Å²) in [6.07, 6.45) is 11.7. The predicted octanol–water partition coefficient (Wildman–Crippen LogP) is 5.05. The van der Waals surface area contributed by atoms with E-state index in [1.807, 2.05) is 6.92 Å². The van der Waals surface area contributed by atoms with Crippen LogP contribution in [-0.4, -0.2) is 24.3 Å². The summed E-state index contributed by atoms with van der Waals surface area (Å²) < 4.78 is 5.07. The second-order valence-corrected chi connectivity index (χ2v) is 8.85. The van der Waals surface area contributed by atoms with Gasteiger partial charge in [0.2, 0.25) is 0 Å². The SMILES string of the molecule is CC(=O)OC/C(C)=C/CC[C@@]1(C)CCC[C@@]2(C)C1CC=C(C)[C@@H]2CO. The number of carbonyl (C=O) groups is 1. The van der Waals surface area contributed by atoms with Crippen molar-refractivity contribution in [2.45, 2.75) is 73.1 Å². The highest BCUT2D eigenvalue weighted by Gasteiger charge is 2.52. The van der Waals surface area contributed by atoms with Gasteiger partial charge in [0.25, 0.3) is 0 Å². The van der Waals surface area contributed by atoms with Crippen LogP contribution < -0.4 is 0 Å². The normalized spacial score (nSPS) is 35.8. The lowest BCUT2D eigenvalue weighted by molar-refractivity contribution is -0.139. The number of carbonyl (C=O) groups excluding carboxylic acids is 1. The minimum Gasteiger partial charge on any atom is -0.461 e. The third-order valence-corrected chi connectivity index (χ3v) is 7.02. The first-order valence-electron chi connectivity index (χ1n) is 9.79. The third kappa shape index (κ3) is 4.36. The highest BCUT2D eigenvalue weighted by molar-refractivity contribution is 5.66. The first kappa shape index (κ1) is 20.2. The molecule has 2 aliphatic rings. The van der Waals surface area contributed by atoms with Crippen molar-refractivity contribution in [2.24, 2.45) is 22.7 Å². The predicted molar refractivity (Wildman–Crippen MR) is 102 cm³/mol. The number of hydrogen-bond donors (Lipinski definition) is 1. The van der Waals surface area contributed by atoms with E-state index in [-0.39, 0.29) is 18.0 Å². The zero-order valence-corrected chi connectivity index (χ0v) is 16.7. The molecule has 2 rings (SSSR count). The van der Waals surface area contributed by atoms with Crippen molar-refractivity contribution in [1.29, 1.82) is 0 Å². The minimum absolute atomic E-state index is 0.219. The first-order chi connectivity index (χ1) is 11.7. The van der Waals surface area contributed by atoms with Gasteiger partial charge in [0, 0.05) is 12.8 Å². The van der Waals surface area contributed by atoms with Gasteiger partial charge in [-0.15, -0.1) is 0 Å². The van der Waals surface area contributed by atoms with E-state index in [4.69, 9.17) is 4.74 Å². The van der Waals surface area contributed by atoms with Gasteiger partial charge < -0.3 is 9.84 Å². The molecular weight excluding hydrogens is 312 g/mol. The zero-order valence-electron chi connectivity index (χ0n) is 16.7. The quantitative estimate of drug-likeness (QED) is 0.540. The van der Waals surface area contributed by atoms with Crippen LogP contribution in [0.15, 0.2) is 23.3 Å². The molecule has 0 bridgehead atoms. The average molecular weight is 349 g/mol. The second kappa shape index (κ2) is 8.07. The summed E-state index contributed by atoms with van der Waals surface area (Å²) in [5.41, 5.74) is 3.04. The maximum Gasteiger partial charge on any atom is 0.302 e. The Kier molecular flexibility index (Phi) is 6.53. The van der Waals surface area contributed by atoms with Crippen molar-refractivity contribution in [2.75, 3.05) is 13.2 Å². The Bertz CT molecular complexity index is 547. The van der Waals surface area contributed by atoms with Gasteiger partial charge in [-0.3, -0.25) is 4.79 Å². The molecular formula is C22H36O3. The van der Waals surface area contributed by atoms with E-state index in [2.05, 4.69) is 32.9 Å². The van der Waals surface area contributed by atoms with Gasteiger partial charge in [0.1, 0.15) is 6.61 Å². The van der Waals surface area contributed by atoms with Crippen LogP contribution >= 0.6 is 0 Å². The largest absolute Gasteiger partial charge is 0.461 e. The summed E-state index contributed by atoms with van der Waals surface area (Å²) in [4.78, 5) is 10.9. The fraction of sp³-hybridized carbons (Fsp3) is 0.773. The molecule has 0 saturated heterocycles. The topological polar surface area (TPSA) is 46.5 Å². The molecule has 0 aliphatic heterocycles. The van der Waals surface area contributed by atoms with E-state index in [0.717, 1.165) is 24.8 Å². The molecule has 1 unspecified atom stereocenters. The lowest BCUT2D eigenvalue weighted by Gasteiger charge is -2.57. The number of ether oxygens (including phenoxy) is 1. The number of esters is 1. The molecule has 25 heavy (non-hydrogen) atoms. The summed E-state index contributed by atoms with van der Waals surface area (Å²) in [5, 5.41) is 10.00. The maximum atomic E-state index is 10.9. The molecule has 0 spiro atoms. The Hall–Kier alpha value is -1.09. The maximum absolute atomic E-state index is 10.9. The molecule has 0 aromatic carbocycles. The fourth-order valence-corrected chi connectivity index (χ4v) is 5.53. The third-order valence-electron chi connectivity index (χ3n) is 7.02. The van der Waals surface area contributed by atoms with Gasteiger partial charge in [-0.25, -0.2) is 0 Å². The summed E-state index contributed by atoms with van der Waals surface area (Å²) in [7, 11) is 0. The summed E-state index contributed by atoms with van der Waals surface area (Å²) in [6, 6.07) is 0. The number of rotatable bonds is 6. The average Bonchev–Trinajstić information content (AvgIpc) is 2.52. The fourth-order valence-electron chi connectivity index (χ4n) is 5.53. The minimum atomic E-state index is -0.220. The molecule has 1 fully saturated rings. The Labute approximate surface area is 153 Å². The summed E-state index contributed by atoms with van der Waals surface area (Å²) >= 11 is 0. The van der Waals surface area contributed by atoms with Crippen molar-refractivity contribution in [3.05, 3.63) is 23.3 Å². The Morgan fingerprint density at radius 2 is 2.08 bits per heavy atom. The lowest BCUT2D eigenvalue weighted by Crippen LogP contribution is -2.50. The van der Waals surface area contributed by atoms with Crippen LogP contribution in [-0.2, 0) is 9.53 Å². The van der Waals surface area contributed by atoms with Crippen LogP contribution in [0.2, 0.25) is 0 Å². The number of aliphatic hydroxyl groups excluding tert-OH is 1. The number of aliphatic hydroxyl groups is 1. The second-order valence-electron chi connectivity index (χ2n) is 8.85. The molecule has 142 valence electrons. The van der Waals surface area contributed by atoms with E-state index < -0.39 is 0 Å². The van der Waals surface area contributed by atoms with E-state index in [9.17, 15) is 9.90 Å². The van der Waals surface area contributed by atoms with Crippen LogP contribution in [0.5, 0.6) is 0 Å². The van der Waals surface area contributed by atoms with E-state index >= 15 is 0 Å². The van der Waals surface area contributed by atoms with Gasteiger partial charge in [0.15, 0.2) is 0 Å². The van der Waals surface area contributed by atoms with Crippen molar-refractivity contribution < 1.29 is 14.6 Å². The molecule has 0 radical (unpaired) electrons. The molecule has 0 amide bonds. The molecule has 0 heterocycles. The number of hydrogen-bond acceptors (Lipinski definition) is 3. The monoisotopic (exact) mass is 348 g/mol. The molecule has 0 aromatic heterocycles. The highest BCUT2D eigenvalue weighted by atomic mass is 16.5. The smallest absolute Gasteiger partial charge is 0.302 e. The summed E-state index contributed by atoms with van der Waals surface area (Å²) in [5.74, 6) is 0.728. The van der Waals surface area contributed by atoms with Crippen LogP contribution in [0.4, 0.5) is 0 Å². The van der Waals surface area contributed by atoms with Crippen LogP contribution in [0.3, 0.4) is 0 Å². The van der Waals surface area contributed by atoms with E-state index in [0.29, 0.717) is 23.9 Å². The molecule has 0 aromatic rings. The van der Waals surface area contributed by atoms with Crippen LogP contribution in [0, 0.1) is 22.7 Å². The van der Waals surface area contributed by atoms with Gasteiger partial charge in [-0.2, -0.15) is 0 Å². The number of allylic oxidation sites excluding steroid dienone is 2. The molecule has 1 saturated carbocycles. The zero-order chi connectivity index (χ0) is 18.7. The molecule has 3 nitrogen and oxygen atoms in total. The first-order valence-corrected chi connectivity index (χ1v) is 9.79. The van der Waals surface area contributed by atoms with Gasteiger partial charge in [-0.1, -0.05) is 38.0 Å². The Balaban J connectivity index is 2.07. The van der Waals surface area contributed by atoms with E-state index in [1.54, 1.807) is 0 Å². The van der Waals surface area contributed by atoms with Gasteiger partial charge >= 0.3 is 5.97 Å². The Morgan fingerprint density at radius 1 is 1.36 bits per heavy atom. The van der Waals surface area contributed by atoms with Crippen molar-refractivity contribution in [3.63, 3.8) is 0 Å². The molecule has 1 N–H and O–H groups in total. The van der Waals surface area contributed by atoms with Crippen molar-refractivity contribution >= 4 is 5.97 Å². The Morgan fingerprint density at radius 3 is 2.72 bits per heavy atom. The van der Waals surface area contributed by atoms with Crippen LogP contribution in [0.25, 0.3) is 0 Å². The lowest BCUT2D eigenvalue weighted by atomic mass is 9.47.